The lowest BCUT2D eigenvalue weighted by Gasteiger charge is -2.34. The molecule has 1 aliphatic heterocycles. The minimum absolute atomic E-state index is 0. The van der Waals surface area contributed by atoms with Gasteiger partial charge in [-0.1, -0.05) is 18.5 Å². The number of hydrogen-bond acceptors (Lipinski definition) is 3. The molecule has 0 radical (unpaired) electrons. The molecule has 0 spiro atoms. The van der Waals surface area contributed by atoms with Crippen LogP contribution < -0.4 is 5.32 Å². The maximum Gasteiger partial charge on any atom is 0.223 e. The van der Waals surface area contributed by atoms with Gasteiger partial charge in [0.05, 0.1) is 4.34 Å². The molecule has 2 heterocycles. The molecule has 1 N–H and O–H groups in total. The Morgan fingerprint density at radius 3 is 2.71 bits per heavy atom. The quantitative estimate of drug-likeness (QED) is 0.847. The summed E-state index contributed by atoms with van der Waals surface area (Å²) in [6, 6.07) is 4.35. The molecule has 0 unspecified atom stereocenters. The van der Waals surface area contributed by atoms with Crippen LogP contribution in [-0.4, -0.2) is 36.5 Å². The van der Waals surface area contributed by atoms with Crippen LogP contribution in [0.3, 0.4) is 0 Å². The van der Waals surface area contributed by atoms with Crippen LogP contribution in [0.5, 0.6) is 0 Å². The van der Waals surface area contributed by atoms with Crippen LogP contribution in [0.25, 0.3) is 0 Å². The maximum absolute atomic E-state index is 12.5. The van der Waals surface area contributed by atoms with Crippen molar-refractivity contribution >= 4 is 41.3 Å². The maximum atomic E-state index is 12.5. The molecule has 1 aromatic heterocycles. The number of nitrogens with zero attached hydrogens (tertiary/aromatic N) is 1. The summed E-state index contributed by atoms with van der Waals surface area (Å²) in [4.78, 5) is 15.8. The van der Waals surface area contributed by atoms with Crippen molar-refractivity contribution in [3.05, 3.63) is 21.3 Å². The highest BCUT2D eigenvalue weighted by molar-refractivity contribution is 7.16. The topological polar surface area (TPSA) is 32.3 Å². The highest BCUT2D eigenvalue weighted by Crippen LogP contribution is 2.23. The van der Waals surface area contributed by atoms with E-state index in [2.05, 4.69) is 17.1 Å². The zero-order chi connectivity index (χ0) is 14.4. The lowest BCUT2D eigenvalue weighted by molar-refractivity contribution is -0.134. The van der Waals surface area contributed by atoms with E-state index in [0.717, 1.165) is 49.7 Å². The lowest BCUT2D eigenvalue weighted by atomic mass is 10.0. The van der Waals surface area contributed by atoms with Gasteiger partial charge in [0.2, 0.25) is 5.91 Å². The third kappa shape index (κ3) is 5.78. The van der Waals surface area contributed by atoms with Gasteiger partial charge in [0.1, 0.15) is 0 Å². The number of nitrogens with one attached hydrogen (secondary N) is 1. The first kappa shape index (κ1) is 18.8. The number of rotatable bonds is 6. The second-order valence-corrected chi connectivity index (χ2v) is 7.07. The highest BCUT2D eigenvalue weighted by atomic mass is 35.5. The van der Waals surface area contributed by atoms with E-state index in [1.54, 1.807) is 11.3 Å². The van der Waals surface area contributed by atoms with Gasteiger partial charge in [0.15, 0.2) is 0 Å². The molecule has 120 valence electrons. The van der Waals surface area contributed by atoms with Crippen molar-refractivity contribution in [1.82, 2.24) is 10.2 Å². The minimum Gasteiger partial charge on any atom is -0.340 e. The number of halogens is 2. The minimum atomic E-state index is 0. The summed E-state index contributed by atoms with van der Waals surface area (Å²) in [5.74, 6) is 0.295. The van der Waals surface area contributed by atoms with Gasteiger partial charge in [-0.15, -0.1) is 23.7 Å². The number of thiophene rings is 1. The number of hydrogen-bond donors (Lipinski definition) is 1. The lowest BCUT2D eigenvalue weighted by Crippen LogP contribution is -2.46. The van der Waals surface area contributed by atoms with Crippen LogP contribution in [0.1, 0.15) is 37.5 Å². The van der Waals surface area contributed by atoms with Crippen molar-refractivity contribution in [3.63, 3.8) is 0 Å². The Hall–Kier alpha value is -0.290. The van der Waals surface area contributed by atoms with E-state index in [1.807, 2.05) is 12.1 Å². The highest BCUT2D eigenvalue weighted by Gasteiger charge is 2.24. The molecule has 0 bridgehead atoms. The van der Waals surface area contributed by atoms with Gasteiger partial charge in [-0.3, -0.25) is 4.79 Å². The fourth-order valence-corrected chi connectivity index (χ4v) is 3.82. The third-order valence-corrected chi connectivity index (χ3v) is 5.04. The van der Waals surface area contributed by atoms with Crippen molar-refractivity contribution < 1.29 is 4.79 Å². The predicted octanol–water partition coefficient (Wildman–Crippen LogP) is 3.75. The van der Waals surface area contributed by atoms with Gasteiger partial charge >= 0.3 is 0 Å². The second-order valence-electron chi connectivity index (χ2n) is 5.27. The summed E-state index contributed by atoms with van der Waals surface area (Å²) >= 11 is 7.50. The molecule has 1 amide bonds. The Bertz CT molecular complexity index is 433. The fourth-order valence-electron chi connectivity index (χ4n) is 2.73. The van der Waals surface area contributed by atoms with Crippen LogP contribution >= 0.6 is 35.3 Å². The summed E-state index contributed by atoms with van der Waals surface area (Å²) in [6.07, 6.45) is 4.59. The average molecular weight is 351 g/mol. The largest absolute Gasteiger partial charge is 0.340 e. The Labute approximate surface area is 142 Å². The molecule has 21 heavy (non-hydrogen) atoms. The van der Waals surface area contributed by atoms with Gasteiger partial charge in [0.25, 0.3) is 0 Å². The second kappa shape index (κ2) is 9.67. The molecule has 0 aliphatic carbocycles. The Morgan fingerprint density at radius 2 is 2.14 bits per heavy atom. The molecule has 0 atom stereocenters. The standard InChI is InChI=1S/C15H23ClN2OS.ClH/c1-2-11-18(12-7-9-17-10-8-12)15(19)6-4-13-3-5-14(16)20-13;/h3,5,12,17H,2,4,6-11H2,1H3;1H. The third-order valence-electron chi connectivity index (χ3n) is 3.75. The number of aryl methyl sites for hydroxylation is 1. The van der Waals surface area contributed by atoms with Crippen LogP contribution in [0, 0.1) is 0 Å². The van der Waals surface area contributed by atoms with Gasteiger partial charge in [-0.05, 0) is 50.9 Å². The smallest absolute Gasteiger partial charge is 0.223 e. The molecule has 1 aliphatic rings. The van der Waals surface area contributed by atoms with Gasteiger partial charge < -0.3 is 10.2 Å². The van der Waals surface area contributed by atoms with E-state index in [1.165, 1.54) is 4.88 Å². The van der Waals surface area contributed by atoms with Crippen molar-refractivity contribution in [2.24, 2.45) is 0 Å². The van der Waals surface area contributed by atoms with E-state index in [0.29, 0.717) is 18.4 Å². The predicted molar refractivity (Wildman–Crippen MR) is 92.8 cm³/mol. The number of piperidine rings is 1. The first-order valence-electron chi connectivity index (χ1n) is 7.45. The molecular weight excluding hydrogens is 327 g/mol. The number of carbonyl (C=O) groups excluding carboxylic acids is 1. The Kier molecular flexibility index (Phi) is 8.64. The number of amides is 1. The molecule has 2 rings (SSSR count). The van der Waals surface area contributed by atoms with E-state index >= 15 is 0 Å². The van der Waals surface area contributed by atoms with Crippen LogP contribution in [-0.2, 0) is 11.2 Å². The summed E-state index contributed by atoms with van der Waals surface area (Å²) in [5.41, 5.74) is 0. The molecule has 6 heteroatoms. The van der Waals surface area contributed by atoms with Gasteiger partial charge in [0, 0.05) is 23.9 Å². The van der Waals surface area contributed by atoms with Gasteiger partial charge in [-0.2, -0.15) is 0 Å². The van der Waals surface area contributed by atoms with Crippen LogP contribution in [0.2, 0.25) is 4.34 Å². The van der Waals surface area contributed by atoms with Crippen molar-refractivity contribution in [2.75, 3.05) is 19.6 Å². The first-order chi connectivity index (χ1) is 9.70. The van der Waals surface area contributed by atoms with Crippen molar-refractivity contribution in [1.29, 1.82) is 0 Å². The molecule has 1 fully saturated rings. The Morgan fingerprint density at radius 1 is 1.43 bits per heavy atom. The van der Waals surface area contributed by atoms with Crippen LogP contribution in [0.15, 0.2) is 12.1 Å². The summed E-state index contributed by atoms with van der Waals surface area (Å²) in [5, 5.41) is 3.36. The molecule has 0 saturated carbocycles. The fraction of sp³-hybridized carbons (Fsp3) is 0.667. The zero-order valence-corrected chi connectivity index (χ0v) is 14.8. The molecule has 1 saturated heterocycles. The van der Waals surface area contributed by atoms with Crippen LogP contribution in [0.4, 0.5) is 0 Å². The SMILES string of the molecule is CCCN(C(=O)CCc1ccc(Cl)s1)C1CCNCC1.Cl. The molecule has 1 aromatic rings. The molecule has 3 nitrogen and oxygen atoms in total. The Balaban J connectivity index is 0.00000220. The van der Waals surface area contributed by atoms with Crippen molar-refractivity contribution in [3.8, 4) is 0 Å². The monoisotopic (exact) mass is 350 g/mol. The summed E-state index contributed by atoms with van der Waals surface area (Å²) < 4.78 is 0.802. The van der Waals surface area contributed by atoms with E-state index in [9.17, 15) is 4.79 Å². The average Bonchev–Trinajstić information content (AvgIpc) is 2.89. The number of carbonyl (C=O) groups is 1. The van der Waals surface area contributed by atoms with E-state index in [4.69, 9.17) is 11.6 Å². The molecular formula is C15H24Cl2N2OS. The normalized spacial score (nSPS) is 15.5. The first-order valence-corrected chi connectivity index (χ1v) is 8.64. The van der Waals surface area contributed by atoms with Crippen molar-refractivity contribution in [2.45, 2.75) is 45.1 Å². The summed E-state index contributed by atoms with van der Waals surface area (Å²) in [7, 11) is 0. The van der Waals surface area contributed by atoms with E-state index < -0.39 is 0 Å². The van der Waals surface area contributed by atoms with E-state index in [-0.39, 0.29) is 12.4 Å². The molecule has 0 aromatic carbocycles. The zero-order valence-electron chi connectivity index (χ0n) is 12.4. The van der Waals surface area contributed by atoms with Gasteiger partial charge in [-0.25, -0.2) is 0 Å². The summed E-state index contributed by atoms with van der Waals surface area (Å²) in [6.45, 7) is 5.08.